The maximum atomic E-state index is 11.7. The van der Waals surface area contributed by atoms with Crippen molar-refractivity contribution in [3.05, 3.63) is 18.2 Å². The largest absolute Gasteiger partial charge is 0.490 e. The van der Waals surface area contributed by atoms with Gasteiger partial charge in [-0.15, -0.1) is 0 Å². The summed E-state index contributed by atoms with van der Waals surface area (Å²) in [7, 11) is 0. The van der Waals surface area contributed by atoms with Crippen molar-refractivity contribution in [3.63, 3.8) is 0 Å². The van der Waals surface area contributed by atoms with Gasteiger partial charge in [-0.2, -0.15) is 0 Å². The fraction of sp³-hybridized carbons (Fsp3) is 0.462. The first-order valence-electron chi connectivity index (χ1n) is 6.05. The Kier molecular flexibility index (Phi) is 4.47. The van der Waals surface area contributed by atoms with Crippen LogP contribution >= 0.6 is 15.9 Å². The van der Waals surface area contributed by atoms with Crippen LogP contribution in [-0.2, 0) is 4.79 Å². The first kappa shape index (κ1) is 13.2. The molecule has 0 saturated carbocycles. The zero-order valence-electron chi connectivity index (χ0n) is 10.2. The van der Waals surface area contributed by atoms with Crippen molar-refractivity contribution in [3.8, 4) is 11.5 Å². The van der Waals surface area contributed by atoms with Crippen LogP contribution in [0.3, 0.4) is 0 Å². The summed E-state index contributed by atoms with van der Waals surface area (Å²) in [5, 5.41) is 2.84. The van der Waals surface area contributed by atoms with Crippen LogP contribution in [0, 0.1) is 0 Å². The molecule has 0 aliphatic carbocycles. The summed E-state index contributed by atoms with van der Waals surface area (Å²) in [6.07, 6.45) is 1.62. The molecule has 0 radical (unpaired) electrons. The van der Waals surface area contributed by atoms with E-state index in [1.165, 1.54) is 0 Å². The molecule has 2 rings (SSSR count). The molecule has 1 aliphatic heterocycles. The lowest BCUT2D eigenvalue weighted by Gasteiger charge is -2.12. The Balaban J connectivity index is 2.11. The second-order valence-electron chi connectivity index (χ2n) is 4.08. The maximum Gasteiger partial charge on any atom is 0.238 e. The van der Waals surface area contributed by atoms with Crippen LogP contribution in [-0.4, -0.2) is 23.9 Å². The lowest BCUT2D eigenvalue weighted by Crippen LogP contribution is -2.21. The molecule has 0 bridgehead atoms. The molecule has 1 heterocycles. The predicted octanol–water partition coefficient (Wildman–Crippen LogP) is 2.96. The quantitative estimate of drug-likeness (QED) is 0.873. The molecule has 1 N–H and O–H groups in total. The molecule has 1 amide bonds. The number of hydrogen-bond donors (Lipinski definition) is 1. The van der Waals surface area contributed by atoms with E-state index in [-0.39, 0.29) is 10.7 Å². The molecule has 0 saturated heterocycles. The Morgan fingerprint density at radius 2 is 2.11 bits per heavy atom. The number of hydrogen-bond acceptors (Lipinski definition) is 3. The van der Waals surface area contributed by atoms with Crippen molar-refractivity contribution < 1.29 is 14.3 Å². The van der Waals surface area contributed by atoms with Crippen LogP contribution in [0.1, 0.15) is 19.8 Å². The molecule has 98 valence electrons. The Morgan fingerprint density at radius 1 is 1.39 bits per heavy atom. The fourth-order valence-corrected chi connectivity index (χ4v) is 1.76. The topological polar surface area (TPSA) is 47.6 Å². The number of benzene rings is 1. The molecule has 1 atom stereocenters. The highest BCUT2D eigenvalue weighted by Gasteiger charge is 2.15. The molecule has 0 spiro atoms. The summed E-state index contributed by atoms with van der Waals surface area (Å²) in [6.45, 7) is 3.26. The first-order valence-corrected chi connectivity index (χ1v) is 6.97. The summed E-state index contributed by atoms with van der Waals surface area (Å²) in [5.41, 5.74) is 0.724. The number of amides is 1. The van der Waals surface area contributed by atoms with E-state index in [0.29, 0.717) is 19.0 Å². The van der Waals surface area contributed by atoms with Gasteiger partial charge in [-0.25, -0.2) is 0 Å². The van der Waals surface area contributed by atoms with E-state index in [9.17, 15) is 4.79 Å². The SMILES string of the molecule is CCC(Br)C(=O)Nc1ccc2c(c1)OCCCO2. The van der Waals surface area contributed by atoms with Crippen LogP contribution < -0.4 is 14.8 Å². The summed E-state index contributed by atoms with van der Waals surface area (Å²) >= 11 is 3.32. The monoisotopic (exact) mass is 313 g/mol. The van der Waals surface area contributed by atoms with Crippen molar-refractivity contribution in [2.45, 2.75) is 24.6 Å². The second-order valence-corrected chi connectivity index (χ2v) is 5.18. The van der Waals surface area contributed by atoms with Gasteiger partial charge in [0.15, 0.2) is 11.5 Å². The minimum atomic E-state index is -0.173. The maximum absolute atomic E-state index is 11.7. The normalized spacial score (nSPS) is 15.7. The summed E-state index contributed by atoms with van der Waals surface area (Å²) in [6, 6.07) is 5.44. The molecular formula is C13H16BrNO3. The van der Waals surface area contributed by atoms with Gasteiger partial charge in [0, 0.05) is 18.2 Å². The van der Waals surface area contributed by atoms with E-state index in [4.69, 9.17) is 9.47 Å². The molecule has 0 fully saturated rings. The highest BCUT2D eigenvalue weighted by Crippen LogP contribution is 2.32. The van der Waals surface area contributed by atoms with Crippen molar-refractivity contribution in [1.82, 2.24) is 0 Å². The Bertz CT molecular complexity index is 436. The highest BCUT2D eigenvalue weighted by molar-refractivity contribution is 9.10. The molecule has 1 aromatic carbocycles. The van der Waals surface area contributed by atoms with Crippen LogP contribution in [0.4, 0.5) is 5.69 Å². The molecule has 5 heteroatoms. The van der Waals surface area contributed by atoms with Gasteiger partial charge in [0.25, 0.3) is 0 Å². The summed E-state index contributed by atoms with van der Waals surface area (Å²) in [4.78, 5) is 11.6. The van der Waals surface area contributed by atoms with Gasteiger partial charge in [-0.3, -0.25) is 4.79 Å². The number of carbonyl (C=O) groups is 1. The number of halogens is 1. The van der Waals surface area contributed by atoms with E-state index in [1.807, 2.05) is 19.1 Å². The van der Waals surface area contributed by atoms with Crippen molar-refractivity contribution in [2.75, 3.05) is 18.5 Å². The van der Waals surface area contributed by atoms with Crippen LogP contribution in [0.25, 0.3) is 0 Å². The number of ether oxygens (including phenoxy) is 2. The molecule has 1 unspecified atom stereocenters. The number of rotatable bonds is 3. The van der Waals surface area contributed by atoms with Gasteiger partial charge in [0.2, 0.25) is 5.91 Å². The van der Waals surface area contributed by atoms with E-state index in [0.717, 1.165) is 24.3 Å². The van der Waals surface area contributed by atoms with Gasteiger partial charge >= 0.3 is 0 Å². The van der Waals surface area contributed by atoms with Crippen LogP contribution in [0.5, 0.6) is 11.5 Å². The average molecular weight is 314 g/mol. The van der Waals surface area contributed by atoms with E-state index in [1.54, 1.807) is 6.07 Å². The van der Waals surface area contributed by atoms with Gasteiger partial charge in [0.05, 0.1) is 18.0 Å². The average Bonchev–Trinajstić information content (AvgIpc) is 2.62. The summed E-state index contributed by atoms with van der Waals surface area (Å²) < 4.78 is 11.1. The van der Waals surface area contributed by atoms with Crippen LogP contribution in [0.2, 0.25) is 0 Å². The lowest BCUT2D eigenvalue weighted by atomic mass is 10.2. The summed E-state index contributed by atoms with van der Waals surface area (Å²) in [5.74, 6) is 1.37. The number of nitrogens with one attached hydrogen (secondary N) is 1. The first-order chi connectivity index (χ1) is 8.70. The second kappa shape index (κ2) is 6.09. The van der Waals surface area contributed by atoms with Gasteiger partial charge in [0.1, 0.15) is 0 Å². The molecule has 18 heavy (non-hydrogen) atoms. The van der Waals surface area contributed by atoms with E-state index >= 15 is 0 Å². The number of carbonyl (C=O) groups excluding carboxylic acids is 1. The van der Waals surface area contributed by atoms with E-state index in [2.05, 4.69) is 21.2 Å². The smallest absolute Gasteiger partial charge is 0.238 e. The zero-order valence-corrected chi connectivity index (χ0v) is 11.8. The third-order valence-corrected chi connectivity index (χ3v) is 3.72. The molecular weight excluding hydrogens is 298 g/mol. The fourth-order valence-electron chi connectivity index (χ4n) is 1.65. The third-order valence-electron chi connectivity index (χ3n) is 2.66. The molecule has 1 aliphatic rings. The standard InChI is InChI=1S/C13H16BrNO3/c1-2-10(14)13(16)15-9-4-5-11-12(8-9)18-7-3-6-17-11/h4-5,8,10H,2-3,6-7H2,1H3,(H,15,16). The molecule has 4 nitrogen and oxygen atoms in total. The van der Waals surface area contributed by atoms with Gasteiger partial charge < -0.3 is 14.8 Å². The van der Waals surface area contributed by atoms with Gasteiger partial charge in [-0.05, 0) is 18.6 Å². The minimum absolute atomic E-state index is 0.0491. The van der Waals surface area contributed by atoms with Gasteiger partial charge in [-0.1, -0.05) is 22.9 Å². The number of fused-ring (bicyclic) bond motifs is 1. The van der Waals surface area contributed by atoms with Crippen molar-refractivity contribution in [1.29, 1.82) is 0 Å². The van der Waals surface area contributed by atoms with Crippen molar-refractivity contribution in [2.24, 2.45) is 0 Å². The minimum Gasteiger partial charge on any atom is -0.490 e. The predicted molar refractivity (Wildman–Crippen MR) is 73.7 cm³/mol. The Morgan fingerprint density at radius 3 is 2.83 bits per heavy atom. The highest BCUT2D eigenvalue weighted by atomic mass is 79.9. The van der Waals surface area contributed by atoms with E-state index < -0.39 is 0 Å². The number of anilines is 1. The third kappa shape index (κ3) is 3.16. The number of alkyl halides is 1. The molecule has 1 aromatic rings. The lowest BCUT2D eigenvalue weighted by molar-refractivity contribution is -0.115. The molecule has 0 aromatic heterocycles. The van der Waals surface area contributed by atoms with Crippen LogP contribution in [0.15, 0.2) is 18.2 Å². The Labute approximate surface area is 115 Å². The van der Waals surface area contributed by atoms with Crippen molar-refractivity contribution >= 4 is 27.5 Å². The Hall–Kier alpha value is -1.23. The zero-order chi connectivity index (χ0) is 13.0.